The van der Waals surface area contributed by atoms with Crippen molar-refractivity contribution in [2.24, 2.45) is 29.1 Å². The van der Waals surface area contributed by atoms with Crippen LogP contribution >= 0.6 is 0 Å². The number of para-hydroxylation sites is 1. The lowest BCUT2D eigenvalue weighted by Gasteiger charge is -2.22. The van der Waals surface area contributed by atoms with Crippen LogP contribution in [0.5, 0.6) is 0 Å². The standard InChI is InChI=1S/C15H22F2N2O2.C14H14FN3O2.C4H10.C2H6/c16-15(17,12-5-6-12)14(21)18-7-13(20)19-8-10-3-1-2-4-11(10)9-19;1-14(6-10(7-16)18(8-14)9-19)13(20)17-12-5-3-2-4-11(12)15;1-4(2)3;1-2/h10-12H,1-9H2,(H,18,21);2-5,9-10H,6,8H2,1H3,(H,17,20);4H,1-3H3;1-2H3. The molecule has 47 heavy (non-hydrogen) atoms. The predicted octanol–water partition coefficient (Wildman–Crippen LogP) is 6.01. The summed E-state index contributed by atoms with van der Waals surface area (Å²) >= 11 is 0. The largest absolute Gasteiger partial charge is 0.342 e. The molecule has 5 rings (SSSR count). The summed E-state index contributed by atoms with van der Waals surface area (Å²) in [6.07, 6.45) is 6.33. The van der Waals surface area contributed by atoms with Gasteiger partial charge in [-0.3, -0.25) is 19.2 Å². The van der Waals surface area contributed by atoms with Crippen LogP contribution in [0.25, 0.3) is 0 Å². The van der Waals surface area contributed by atoms with Crippen molar-refractivity contribution in [3.8, 4) is 6.07 Å². The van der Waals surface area contributed by atoms with E-state index in [0.29, 0.717) is 31.1 Å². The first-order chi connectivity index (χ1) is 22.2. The zero-order valence-electron chi connectivity index (χ0n) is 28.7. The van der Waals surface area contributed by atoms with Crippen LogP contribution < -0.4 is 10.6 Å². The lowest BCUT2D eigenvalue weighted by Crippen LogP contribution is -2.46. The molecule has 0 radical (unpaired) electrons. The molecule has 4 atom stereocenters. The van der Waals surface area contributed by atoms with Crippen molar-refractivity contribution in [3.63, 3.8) is 0 Å². The highest BCUT2D eigenvalue weighted by atomic mass is 19.3. The quantitative estimate of drug-likeness (QED) is 0.346. The topological polar surface area (TPSA) is 123 Å². The summed E-state index contributed by atoms with van der Waals surface area (Å²) in [5, 5.41) is 13.6. The minimum absolute atomic E-state index is 0.0942. The van der Waals surface area contributed by atoms with Crippen molar-refractivity contribution in [2.75, 3.05) is 31.5 Å². The Balaban J connectivity index is 0.000000281. The third-order valence-corrected chi connectivity index (χ3v) is 8.65. The van der Waals surface area contributed by atoms with Crippen LogP contribution in [-0.4, -0.2) is 72.1 Å². The number of likely N-dealkylation sites (tertiary alicyclic amines) is 2. The minimum atomic E-state index is -3.32. The van der Waals surface area contributed by atoms with Crippen molar-refractivity contribution in [1.82, 2.24) is 15.1 Å². The fourth-order valence-corrected chi connectivity index (χ4v) is 5.98. The summed E-state index contributed by atoms with van der Waals surface area (Å²) in [6.45, 7) is 13.4. The number of rotatable bonds is 7. The molecule has 4 fully saturated rings. The number of benzene rings is 1. The van der Waals surface area contributed by atoms with Crippen molar-refractivity contribution < 1.29 is 32.3 Å². The molecule has 262 valence electrons. The second-order valence-electron chi connectivity index (χ2n) is 13.5. The highest BCUT2D eigenvalue weighted by Gasteiger charge is 2.53. The second-order valence-corrected chi connectivity index (χ2v) is 13.5. The minimum Gasteiger partial charge on any atom is -0.342 e. The molecule has 2 heterocycles. The van der Waals surface area contributed by atoms with Gasteiger partial charge in [0.05, 0.1) is 23.7 Å². The van der Waals surface area contributed by atoms with Gasteiger partial charge in [-0.15, -0.1) is 0 Å². The first-order valence-corrected chi connectivity index (χ1v) is 16.8. The molecule has 2 saturated carbocycles. The van der Waals surface area contributed by atoms with E-state index in [1.807, 2.05) is 19.9 Å². The van der Waals surface area contributed by atoms with Crippen LogP contribution in [0.4, 0.5) is 18.9 Å². The smallest absolute Gasteiger partial charge is 0.327 e. The van der Waals surface area contributed by atoms with Crippen LogP contribution in [0.3, 0.4) is 0 Å². The Kier molecular flexibility index (Phi) is 15.2. The zero-order valence-corrected chi connectivity index (χ0v) is 28.7. The van der Waals surface area contributed by atoms with Gasteiger partial charge in [-0.1, -0.05) is 59.6 Å². The predicted molar refractivity (Wildman–Crippen MR) is 174 cm³/mol. The Labute approximate surface area is 277 Å². The molecule has 12 heteroatoms. The molecule has 4 unspecified atom stereocenters. The Hall–Kier alpha value is -3.62. The summed E-state index contributed by atoms with van der Waals surface area (Å²) in [5.74, 6) is -4.64. The van der Waals surface area contributed by atoms with Gasteiger partial charge in [0.2, 0.25) is 18.2 Å². The highest BCUT2D eigenvalue weighted by Crippen LogP contribution is 2.43. The molecular weight excluding hydrogens is 611 g/mol. The van der Waals surface area contributed by atoms with E-state index in [9.17, 15) is 32.3 Å². The van der Waals surface area contributed by atoms with E-state index >= 15 is 0 Å². The van der Waals surface area contributed by atoms with Crippen LogP contribution in [-0.2, 0) is 19.2 Å². The van der Waals surface area contributed by atoms with Crippen LogP contribution in [0.15, 0.2) is 24.3 Å². The van der Waals surface area contributed by atoms with Gasteiger partial charge in [0.15, 0.2) is 0 Å². The Bertz CT molecular complexity index is 1240. The average molecular weight is 664 g/mol. The van der Waals surface area contributed by atoms with E-state index in [0.717, 1.165) is 31.8 Å². The Morgan fingerprint density at radius 2 is 1.62 bits per heavy atom. The molecule has 4 aliphatic rings. The number of nitriles is 1. The molecule has 2 N–H and O–H groups in total. The molecule has 9 nitrogen and oxygen atoms in total. The molecule has 1 aromatic rings. The number of hydrogen-bond acceptors (Lipinski definition) is 5. The SMILES string of the molecule is CC.CC(C)C.CC1(C(=O)Nc2ccccc2F)CC(C#N)N(C=O)C1.O=C(CNC(=O)C(F)(F)C1CC1)N1CC2CCCCC2C1. The number of fused-ring (bicyclic) bond motifs is 1. The molecule has 2 aliphatic carbocycles. The first kappa shape index (κ1) is 39.6. The molecule has 2 aliphatic heterocycles. The van der Waals surface area contributed by atoms with Gasteiger partial charge in [-0.05, 0) is 68.9 Å². The number of nitrogens with one attached hydrogen (secondary N) is 2. The monoisotopic (exact) mass is 663 g/mol. The van der Waals surface area contributed by atoms with Gasteiger partial charge in [-0.25, -0.2) is 4.39 Å². The van der Waals surface area contributed by atoms with Crippen LogP contribution in [0.2, 0.25) is 0 Å². The summed E-state index contributed by atoms with van der Waals surface area (Å²) in [7, 11) is 0. The molecule has 0 bridgehead atoms. The maximum atomic E-state index is 13.5. The number of nitrogens with zero attached hydrogens (tertiary/aromatic N) is 3. The maximum absolute atomic E-state index is 13.5. The van der Waals surface area contributed by atoms with E-state index in [4.69, 9.17) is 5.26 Å². The Morgan fingerprint density at radius 1 is 1.06 bits per heavy atom. The lowest BCUT2D eigenvalue weighted by atomic mass is 9.82. The number of halogens is 3. The van der Waals surface area contributed by atoms with E-state index in [-0.39, 0.29) is 31.1 Å². The van der Waals surface area contributed by atoms with Gasteiger partial charge in [0, 0.05) is 25.6 Å². The number of carbonyl (C=O) groups excluding carboxylic acids is 4. The highest BCUT2D eigenvalue weighted by molar-refractivity contribution is 5.96. The van der Waals surface area contributed by atoms with Crippen molar-refractivity contribution in [3.05, 3.63) is 30.1 Å². The number of anilines is 1. The van der Waals surface area contributed by atoms with Gasteiger partial charge in [0.1, 0.15) is 11.9 Å². The summed E-state index contributed by atoms with van der Waals surface area (Å²) in [6, 6.07) is 7.23. The van der Waals surface area contributed by atoms with E-state index in [1.54, 1.807) is 17.9 Å². The van der Waals surface area contributed by atoms with Gasteiger partial charge >= 0.3 is 5.92 Å². The van der Waals surface area contributed by atoms with E-state index in [1.165, 1.54) is 35.9 Å². The molecule has 2 saturated heterocycles. The van der Waals surface area contributed by atoms with E-state index < -0.39 is 40.9 Å². The molecule has 0 aromatic heterocycles. The molecule has 1 aromatic carbocycles. The second kappa shape index (κ2) is 18.1. The average Bonchev–Trinajstić information content (AvgIpc) is 3.73. The third kappa shape index (κ3) is 11.2. The Morgan fingerprint density at radius 3 is 2.09 bits per heavy atom. The van der Waals surface area contributed by atoms with Gasteiger partial charge in [0.25, 0.3) is 5.91 Å². The maximum Gasteiger partial charge on any atom is 0.327 e. The number of hydrogen-bond donors (Lipinski definition) is 2. The third-order valence-electron chi connectivity index (χ3n) is 8.65. The summed E-state index contributed by atoms with van der Waals surface area (Å²) in [4.78, 5) is 49.7. The fourth-order valence-electron chi connectivity index (χ4n) is 5.98. The van der Waals surface area contributed by atoms with Crippen molar-refractivity contribution in [1.29, 1.82) is 5.26 Å². The van der Waals surface area contributed by atoms with Crippen molar-refractivity contribution >= 4 is 29.8 Å². The zero-order chi connectivity index (χ0) is 35.4. The van der Waals surface area contributed by atoms with Crippen molar-refractivity contribution in [2.45, 2.75) is 98.5 Å². The summed E-state index contributed by atoms with van der Waals surface area (Å²) < 4.78 is 40.6. The van der Waals surface area contributed by atoms with Gasteiger partial charge < -0.3 is 20.4 Å². The number of amides is 4. The molecule has 0 spiro atoms. The summed E-state index contributed by atoms with van der Waals surface area (Å²) in [5.41, 5.74) is -0.805. The normalized spacial score (nSPS) is 24.6. The lowest BCUT2D eigenvalue weighted by molar-refractivity contribution is -0.150. The fraction of sp³-hybridized carbons (Fsp3) is 0.686. The molecule has 4 amide bonds. The first-order valence-electron chi connectivity index (χ1n) is 16.8. The van der Waals surface area contributed by atoms with Crippen LogP contribution in [0, 0.1) is 46.2 Å². The van der Waals surface area contributed by atoms with E-state index in [2.05, 4.69) is 31.4 Å². The van der Waals surface area contributed by atoms with Crippen LogP contribution in [0.1, 0.15) is 86.5 Å². The molecular formula is C35H52F3N5O4. The number of alkyl halides is 2. The van der Waals surface area contributed by atoms with Gasteiger partial charge in [-0.2, -0.15) is 14.0 Å². The number of carbonyl (C=O) groups is 4.